The zero-order valence-electron chi connectivity index (χ0n) is 6.47. The highest BCUT2D eigenvalue weighted by molar-refractivity contribution is 14.1. The molecule has 0 saturated carbocycles. The lowest BCUT2D eigenvalue weighted by molar-refractivity contribution is -0.138. The first-order chi connectivity index (χ1) is 6.34. The summed E-state index contributed by atoms with van der Waals surface area (Å²) < 4.78 is 36.4. The van der Waals surface area contributed by atoms with E-state index in [4.69, 9.17) is 5.11 Å². The van der Waals surface area contributed by atoms with Crippen molar-refractivity contribution in [3.63, 3.8) is 0 Å². The molecule has 0 fully saturated rings. The van der Waals surface area contributed by atoms with E-state index in [0.29, 0.717) is 6.20 Å². The quantitative estimate of drug-likeness (QED) is 0.809. The van der Waals surface area contributed by atoms with E-state index in [0.717, 1.165) is 6.20 Å². The summed E-state index contributed by atoms with van der Waals surface area (Å²) in [6.45, 7) is 0. The molecule has 1 N–H and O–H groups in total. The van der Waals surface area contributed by atoms with Gasteiger partial charge in [0.1, 0.15) is 0 Å². The SMILES string of the molecule is O=C(O)c1cncc(C(F)(F)F)c1I. The molecule has 0 aliphatic heterocycles. The minimum absolute atomic E-state index is 0.349. The summed E-state index contributed by atoms with van der Waals surface area (Å²) in [4.78, 5) is 13.7. The van der Waals surface area contributed by atoms with Crippen molar-refractivity contribution in [1.82, 2.24) is 4.98 Å². The predicted molar refractivity (Wildman–Crippen MR) is 48.9 cm³/mol. The molecule has 1 aromatic heterocycles. The molecular formula is C7H3F3INO2. The van der Waals surface area contributed by atoms with Crippen LogP contribution in [-0.2, 0) is 6.18 Å². The molecule has 0 atom stereocenters. The maximum Gasteiger partial charge on any atom is 0.418 e. The molecule has 76 valence electrons. The number of pyridine rings is 1. The van der Waals surface area contributed by atoms with Crippen molar-refractivity contribution in [2.75, 3.05) is 0 Å². The van der Waals surface area contributed by atoms with Gasteiger partial charge in [0.15, 0.2) is 0 Å². The van der Waals surface area contributed by atoms with Crippen LogP contribution in [0.3, 0.4) is 0 Å². The van der Waals surface area contributed by atoms with Crippen LogP contribution in [0, 0.1) is 3.57 Å². The average molecular weight is 317 g/mol. The number of nitrogens with zero attached hydrogens (tertiary/aromatic N) is 1. The highest BCUT2D eigenvalue weighted by Gasteiger charge is 2.35. The molecule has 1 rings (SSSR count). The minimum Gasteiger partial charge on any atom is -0.478 e. The van der Waals surface area contributed by atoms with E-state index in [1.807, 2.05) is 0 Å². The van der Waals surface area contributed by atoms with Gasteiger partial charge in [-0.15, -0.1) is 0 Å². The molecule has 0 radical (unpaired) electrons. The van der Waals surface area contributed by atoms with Crippen molar-refractivity contribution in [1.29, 1.82) is 0 Å². The molecule has 3 nitrogen and oxygen atoms in total. The topological polar surface area (TPSA) is 50.2 Å². The lowest BCUT2D eigenvalue weighted by Crippen LogP contribution is -2.12. The molecule has 14 heavy (non-hydrogen) atoms. The van der Waals surface area contributed by atoms with E-state index in [2.05, 4.69) is 4.98 Å². The lowest BCUT2D eigenvalue weighted by atomic mass is 10.2. The monoisotopic (exact) mass is 317 g/mol. The standard InChI is InChI=1S/C7H3F3INO2/c8-7(9,10)4-2-12-1-3(5(4)11)6(13)14/h1-2H,(H,13,14). The number of carboxylic acid groups (broad SMARTS) is 1. The van der Waals surface area contributed by atoms with Gasteiger partial charge in [-0.05, 0) is 22.6 Å². The summed E-state index contributed by atoms with van der Waals surface area (Å²) in [6.07, 6.45) is -3.08. The lowest BCUT2D eigenvalue weighted by Gasteiger charge is -2.09. The third-order valence-corrected chi connectivity index (χ3v) is 2.58. The zero-order chi connectivity index (χ0) is 10.9. The van der Waals surface area contributed by atoms with Gasteiger partial charge in [0.2, 0.25) is 0 Å². The molecule has 0 spiro atoms. The summed E-state index contributed by atoms with van der Waals surface area (Å²) in [5.74, 6) is -1.42. The second kappa shape index (κ2) is 3.71. The molecule has 0 saturated heterocycles. The Morgan fingerprint density at radius 1 is 1.43 bits per heavy atom. The predicted octanol–water partition coefficient (Wildman–Crippen LogP) is 2.40. The van der Waals surface area contributed by atoms with Crippen molar-refractivity contribution < 1.29 is 23.1 Å². The van der Waals surface area contributed by atoms with Crippen LogP contribution >= 0.6 is 22.6 Å². The number of aromatic carboxylic acids is 1. The van der Waals surface area contributed by atoms with Crippen LogP contribution in [0.1, 0.15) is 15.9 Å². The summed E-state index contributed by atoms with van der Waals surface area (Å²) in [5.41, 5.74) is -1.47. The van der Waals surface area contributed by atoms with E-state index in [-0.39, 0.29) is 3.57 Å². The molecule has 0 amide bonds. The normalized spacial score (nSPS) is 11.4. The van der Waals surface area contributed by atoms with Crippen LogP contribution in [0.2, 0.25) is 0 Å². The highest BCUT2D eigenvalue weighted by Crippen LogP contribution is 2.33. The maximum absolute atomic E-state index is 12.3. The van der Waals surface area contributed by atoms with Gasteiger partial charge >= 0.3 is 12.1 Å². The third kappa shape index (κ3) is 2.14. The first kappa shape index (κ1) is 11.2. The number of hydrogen-bond donors (Lipinski definition) is 1. The van der Waals surface area contributed by atoms with Gasteiger partial charge in [0.05, 0.1) is 11.1 Å². The molecule has 0 aromatic carbocycles. The molecule has 0 bridgehead atoms. The van der Waals surface area contributed by atoms with Crippen LogP contribution < -0.4 is 0 Å². The summed E-state index contributed by atoms with van der Waals surface area (Å²) in [6, 6.07) is 0. The van der Waals surface area contributed by atoms with Crippen molar-refractivity contribution in [2.45, 2.75) is 6.18 Å². The van der Waals surface area contributed by atoms with Gasteiger partial charge in [-0.3, -0.25) is 4.98 Å². The number of hydrogen-bond acceptors (Lipinski definition) is 2. The van der Waals surface area contributed by atoms with Gasteiger partial charge in [-0.2, -0.15) is 13.2 Å². The van der Waals surface area contributed by atoms with Gasteiger partial charge in [-0.1, -0.05) is 0 Å². The fourth-order valence-corrected chi connectivity index (χ4v) is 1.61. The molecular weight excluding hydrogens is 314 g/mol. The minimum atomic E-state index is -4.57. The van der Waals surface area contributed by atoms with Crippen molar-refractivity contribution >= 4 is 28.6 Å². The Morgan fingerprint density at radius 3 is 2.43 bits per heavy atom. The number of carbonyl (C=O) groups is 1. The Hall–Kier alpha value is -0.860. The smallest absolute Gasteiger partial charge is 0.418 e. The molecule has 0 aliphatic rings. The van der Waals surface area contributed by atoms with E-state index < -0.39 is 23.3 Å². The van der Waals surface area contributed by atoms with Crippen molar-refractivity contribution in [3.8, 4) is 0 Å². The largest absolute Gasteiger partial charge is 0.478 e. The van der Waals surface area contributed by atoms with Gasteiger partial charge in [-0.25, -0.2) is 4.79 Å². The first-order valence-corrected chi connectivity index (χ1v) is 4.36. The van der Waals surface area contributed by atoms with Gasteiger partial charge < -0.3 is 5.11 Å². The Balaban J connectivity index is 3.35. The van der Waals surface area contributed by atoms with E-state index >= 15 is 0 Å². The fraction of sp³-hybridized carbons (Fsp3) is 0.143. The van der Waals surface area contributed by atoms with E-state index in [1.54, 1.807) is 0 Å². The summed E-state index contributed by atoms with van der Waals surface area (Å²) in [7, 11) is 0. The second-order valence-corrected chi connectivity index (χ2v) is 3.43. The fourth-order valence-electron chi connectivity index (χ4n) is 0.792. The van der Waals surface area contributed by atoms with Crippen molar-refractivity contribution in [3.05, 3.63) is 27.1 Å². The van der Waals surface area contributed by atoms with Crippen LogP contribution in [0.4, 0.5) is 13.2 Å². The average Bonchev–Trinajstić information content (AvgIpc) is 2.01. The molecule has 1 aromatic rings. The van der Waals surface area contributed by atoms with Crippen LogP contribution in [0.5, 0.6) is 0 Å². The molecule has 0 unspecified atom stereocenters. The summed E-state index contributed by atoms with van der Waals surface area (Å²) >= 11 is 1.34. The molecule has 1 heterocycles. The molecule has 0 aliphatic carbocycles. The van der Waals surface area contributed by atoms with Crippen LogP contribution in [0.25, 0.3) is 0 Å². The van der Waals surface area contributed by atoms with E-state index in [1.165, 1.54) is 22.6 Å². The maximum atomic E-state index is 12.3. The molecule has 7 heteroatoms. The Morgan fingerprint density at radius 2 is 2.00 bits per heavy atom. The first-order valence-electron chi connectivity index (χ1n) is 3.28. The number of halogens is 4. The van der Waals surface area contributed by atoms with Gasteiger partial charge in [0.25, 0.3) is 0 Å². The second-order valence-electron chi connectivity index (χ2n) is 2.35. The highest BCUT2D eigenvalue weighted by atomic mass is 127. The van der Waals surface area contributed by atoms with Crippen LogP contribution in [0.15, 0.2) is 12.4 Å². The number of alkyl halides is 3. The number of carboxylic acids is 1. The number of aromatic nitrogens is 1. The van der Waals surface area contributed by atoms with Crippen LogP contribution in [-0.4, -0.2) is 16.1 Å². The zero-order valence-corrected chi connectivity index (χ0v) is 8.63. The van der Waals surface area contributed by atoms with Crippen molar-refractivity contribution in [2.24, 2.45) is 0 Å². The number of rotatable bonds is 1. The third-order valence-electron chi connectivity index (χ3n) is 1.42. The Bertz CT molecular complexity index is 378. The Kier molecular flexibility index (Phi) is 2.98. The Labute approximate surface area is 90.1 Å². The summed E-state index contributed by atoms with van der Waals surface area (Å²) in [5, 5.41) is 8.54. The van der Waals surface area contributed by atoms with Gasteiger partial charge in [0, 0.05) is 16.0 Å². The van der Waals surface area contributed by atoms with E-state index in [9.17, 15) is 18.0 Å².